The summed E-state index contributed by atoms with van der Waals surface area (Å²) in [6.07, 6.45) is 0.897. The Morgan fingerprint density at radius 1 is 1.03 bits per heavy atom. The fourth-order valence-electron chi connectivity index (χ4n) is 4.79. The molecule has 0 bridgehead atoms. The molecular formula is C28H37NO8S. The van der Waals surface area contributed by atoms with Gasteiger partial charge in [0.05, 0.1) is 11.0 Å². The fourth-order valence-corrected chi connectivity index (χ4v) is 6.00. The molecule has 4 rings (SSSR count). The van der Waals surface area contributed by atoms with Gasteiger partial charge >= 0.3 is 5.97 Å². The van der Waals surface area contributed by atoms with Crippen LogP contribution in [0.1, 0.15) is 50.7 Å². The highest BCUT2D eigenvalue weighted by atomic mass is 32.2. The third-order valence-electron chi connectivity index (χ3n) is 6.71. The number of benzene rings is 2. The number of carbonyl (C=O) groups is 1. The normalized spacial score (nSPS) is 25.2. The number of esters is 1. The Balaban J connectivity index is 1.37. The van der Waals surface area contributed by atoms with E-state index in [4.69, 9.17) is 23.7 Å². The van der Waals surface area contributed by atoms with Gasteiger partial charge < -0.3 is 23.7 Å². The first kappa shape index (κ1) is 28.7. The van der Waals surface area contributed by atoms with Crippen LogP contribution in [0.2, 0.25) is 0 Å². The summed E-state index contributed by atoms with van der Waals surface area (Å²) in [6, 6.07) is 14.7. The molecule has 0 saturated carbocycles. The maximum absolute atomic E-state index is 13.0. The van der Waals surface area contributed by atoms with Crippen LogP contribution in [-0.4, -0.2) is 57.9 Å². The molecule has 1 N–H and O–H groups in total. The Morgan fingerprint density at radius 3 is 2.39 bits per heavy atom. The van der Waals surface area contributed by atoms with Crippen LogP contribution in [0.3, 0.4) is 0 Å². The first-order chi connectivity index (χ1) is 18.1. The standard InChI is InChI=1S/C28H37NO8S/c1-19-14-16-21(17-15-19)38(31,32)29-22(26(30)34-18-20-10-6-5-7-11-20)12-8-9-13-23-24-25(27(33-4)35-23)37-28(2,3)36-24/h5-7,10-11,14-17,22-25,27,29H,8-9,12-13,18H2,1-4H3/t22-,23+,24+,25+,27+/m0/s1. The minimum atomic E-state index is -3.92. The van der Waals surface area contributed by atoms with E-state index >= 15 is 0 Å². The van der Waals surface area contributed by atoms with Gasteiger partial charge in [-0.2, -0.15) is 4.72 Å². The molecule has 9 nitrogen and oxygen atoms in total. The van der Waals surface area contributed by atoms with E-state index in [2.05, 4.69) is 4.72 Å². The van der Waals surface area contributed by atoms with Crippen molar-refractivity contribution in [3.05, 3.63) is 65.7 Å². The number of hydrogen-bond acceptors (Lipinski definition) is 8. The zero-order valence-corrected chi connectivity index (χ0v) is 23.1. The number of unbranched alkanes of at least 4 members (excludes halogenated alkanes) is 1. The lowest BCUT2D eigenvalue weighted by molar-refractivity contribution is -0.227. The lowest BCUT2D eigenvalue weighted by Gasteiger charge is -2.23. The molecule has 208 valence electrons. The number of carbonyl (C=O) groups excluding carboxylic acids is 1. The number of ether oxygens (including phenoxy) is 5. The Labute approximate surface area is 224 Å². The Hall–Kier alpha value is -2.34. The van der Waals surface area contributed by atoms with Crippen LogP contribution in [0.4, 0.5) is 0 Å². The number of fused-ring (bicyclic) bond motifs is 1. The smallest absolute Gasteiger partial charge is 0.324 e. The summed E-state index contributed by atoms with van der Waals surface area (Å²) < 4.78 is 57.5. The van der Waals surface area contributed by atoms with Gasteiger partial charge in [-0.05, 0) is 51.3 Å². The van der Waals surface area contributed by atoms with E-state index in [1.165, 1.54) is 12.1 Å². The Kier molecular flexibility index (Phi) is 9.23. The molecule has 0 aromatic heterocycles. The van der Waals surface area contributed by atoms with Crippen LogP contribution < -0.4 is 4.72 Å². The lowest BCUT2D eigenvalue weighted by Crippen LogP contribution is -2.41. The van der Waals surface area contributed by atoms with Crippen LogP contribution in [0.25, 0.3) is 0 Å². The monoisotopic (exact) mass is 547 g/mol. The highest BCUT2D eigenvalue weighted by Gasteiger charge is 2.55. The Morgan fingerprint density at radius 2 is 1.71 bits per heavy atom. The summed E-state index contributed by atoms with van der Waals surface area (Å²) >= 11 is 0. The molecule has 0 amide bonds. The Bertz CT molecular complexity index is 1170. The van der Waals surface area contributed by atoms with E-state index < -0.39 is 34.1 Å². The number of sulfonamides is 1. The third kappa shape index (κ3) is 7.19. The van der Waals surface area contributed by atoms with Crippen molar-refractivity contribution in [2.24, 2.45) is 0 Å². The van der Waals surface area contributed by atoms with Crippen LogP contribution in [0.15, 0.2) is 59.5 Å². The molecule has 2 aromatic carbocycles. The largest absolute Gasteiger partial charge is 0.460 e. The summed E-state index contributed by atoms with van der Waals surface area (Å²) in [5, 5.41) is 0. The molecule has 2 aliphatic heterocycles. The minimum Gasteiger partial charge on any atom is -0.460 e. The van der Waals surface area contributed by atoms with Crippen LogP contribution in [-0.2, 0) is 45.1 Å². The summed E-state index contributed by atoms with van der Waals surface area (Å²) in [4.78, 5) is 13.1. The van der Waals surface area contributed by atoms with Crippen molar-refractivity contribution in [2.75, 3.05) is 7.11 Å². The molecule has 0 spiro atoms. The summed E-state index contributed by atoms with van der Waals surface area (Å²) in [5.41, 5.74) is 1.76. The second-order valence-electron chi connectivity index (χ2n) is 10.2. The van der Waals surface area contributed by atoms with E-state index in [0.29, 0.717) is 19.3 Å². The van der Waals surface area contributed by atoms with Gasteiger partial charge in [0.1, 0.15) is 24.9 Å². The second kappa shape index (κ2) is 12.2. The molecule has 0 radical (unpaired) electrons. The average Bonchev–Trinajstić information content (AvgIpc) is 3.37. The fraction of sp³-hybridized carbons (Fsp3) is 0.536. The van der Waals surface area contributed by atoms with Crippen molar-refractivity contribution in [3.63, 3.8) is 0 Å². The maximum Gasteiger partial charge on any atom is 0.324 e. The maximum atomic E-state index is 13.0. The van der Waals surface area contributed by atoms with Crippen LogP contribution in [0, 0.1) is 6.92 Å². The molecule has 10 heteroatoms. The molecule has 38 heavy (non-hydrogen) atoms. The zero-order chi connectivity index (χ0) is 27.3. The molecule has 2 heterocycles. The molecule has 0 aliphatic carbocycles. The van der Waals surface area contributed by atoms with Gasteiger partial charge in [-0.3, -0.25) is 4.79 Å². The molecule has 0 unspecified atom stereocenters. The number of hydrogen-bond donors (Lipinski definition) is 1. The molecule has 2 aliphatic rings. The minimum absolute atomic E-state index is 0.0624. The SMILES string of the molecule is CO[C@@H]1O[C@H](CCCC[C@H](NS(=O)(=O)c2ccc(C)cc2)C(=O)OCc2ccccc2)[C@H]2OC(C)(C)O[C@@H]12. The highest BCUT2D eigenvalue weighted by molar-refractivity contribution is 7.89. The van der Waals surface area contributed by atoms with Gasteiger partial charge in [0.2, 0.25) is 10.0 Å². The van der Waals surface area contributed by atoms with E-state index in [-0.39, 0.29) is 36.2 Å². The average molecular weight is 548 g/mol. The summed E-state index contributed by atoms with van der Waals surface area (Å²) in [5.74, 6) is -1.33. The second-order valence-corrected chi connectivity index (χ2v) is 11.9. The van der Waals surface area contributed by atoms with E-state index in [0.717, 1.165) is 11.1 Å². The zero-order valence-electron chi connectivity index (χ0n) is 22.3. The van der Waals surface area contributed by atoms with E-state index in [1.54, 1.807) is 19.2 Å². The lowest BCUT2D eigenvalue weighted by atomic mass is 10.0. The van der Waals surface area contributed by atoms with Gasteiger partial charge in [-0.25, -0.2) is 8.42 Å². The van der Waals surface area contributed by atoms with Crippen molar-refractivity contribution in [2.45, 2.75) is 94.4 Å². The van der Waals surface area contributed by atoms with Crippen molar-refractivity contribution >= 4 is 16.0 Å². The molecule has 2 saturated heterocycles. The van der Waals surface area contributed by atoms with Crippen molar-refractivity contribution in [3.8, 4) is 0 Å². The quantitative estimate of drug-likeness (QED) is 0.315. The van der Waals surface area contributed by atoms with E-state index in [1.807, 2.05) is 51.1 Å². The predicted octanol–water partition coefficient (Wildman–Crippen LogP) is 3.84. The number of nitrogens with one attached hydrogen (secondary N) is 1. The van der Waals surface area contributed by atoms with Crippen LogP contribution >= 0.6 is 0 Å². The highest BCUT2D eigenvalue weighted by Crippen LogP contribution is 2.40. The predicted molar refractivity (Wildman–Crippen MR) is 139 cm³/mol. The number of rotatable bonds is 12. The molecule has 2 aromatic rings. The van der Waals surface area contributed by atoms with Gasteiger partial charge in [-0.15, -0.1) is 0 Å². The first-order valence-corrected chi connectivity index (χ1v) is 14.4. The van der Waals surface area contributed by atoms with Crippen molar-refractivity contribution < 1.29 is 36.9 Å². The van der Waals surface area contributed by atoms with Crippen LogP contribution in [0.5, 0.6) is 0 Å². The number of aryl methyl sites for hydroxylation is 1. The number of methoxy groups -OCH3 is 1. The molecule has 2 fully saturated rings. The first-order valence-electron chi connectivity index (χ1n) is 12.9. The van der Waals surface area contributed by atoms with E-state index in [9.17, 15) is 13.2 Å². The molecule has 5 atom stereocenters. The van der Waals surface area contributed by atoms with Gasteiger partial charge in [0, 0.05) is 7.11 Å². The summed E-state index contributed by atoms with van der Waals surface area (Å²) in [6.45, 7) is 5.66. The molecular weight excluding hydrogens is 510 g/mol. The third-order valence-corrected chi connectivity index (χ3v) is 8.20. The van der Waals surface area contributed by atoms with Gasteiger partial charge in [-0.1, -0.05) is 60.9 Å². The van der Waals surface area contributed by atoms with Gasteiger partial charge in [0.15, 0.2) is 12.1 Å². The topological polar surface area (TPSA) is 109 Å². The summed E-state index contributed by atoms with van der Waals surface area (Å²) in [7, 11) is -2.35. The van der Waals surface area contributed by atoms with Gasteiger partial charge in [0.25, 0.3) is 0 Å². The van der Waals surface area contributed by atoms with Crippen molar-refractivity contribution in [1.29, 1.82) is 0 Å². The van der Waals surface area contributed by atoms with Crippen molar-refractivity contribution in [1.82, 2.24) is 4.72 Å².